The number of hydrogen-bond donors (Lipinski definition) is 3. The molecule has 1 aliphatic rings. The van der Waals surface area contributed by atoms with E-state index in [9.17, 15) is 9.18 Å². The molecule has 0 radical (unpaired) electrons. The lowest BCUT2D eigenvalue weighted by Gasteiger charge is -2.41. The molecular formula is C20H23FN6OS. The Balaban J connectivity index is 1.54. The molecule has 1 aromatic carbocycles. The normalized spacial score (nSPS) is 16.0. The van der Waals surface area contributed by atoms with Gasteiger partial charge in [0.05, 0.1) is 17.6 Å². The van der Waals surface area contributed by atoms with Crippen molar-refractivity contribution in [3.8, 4) is 10.6 Å². The van der Waals surface area contributed by atoms with Crippen LogP contribution in [0.5, 0.6) is 0 Å². The first kappa shape index (κ1) is 19.5. The number of benzene rings is 1. The van der Waals surface area contributed by atoms with E-state index in [-0.39, 0.29) is 17.3 Å². The third-order valence-corrected chi connectivity index (χ3v) is 6.40. The summed E-state index contributed by atoms with van der Waals surface area (Å²) in [6, 6.07) is 4.76. The van der Waals surface area contributed by atoms with E-state index in [0.717, 1.165) is 18.4 Å². The van der Waals surface area contributed by atoms with Gasteiger partial charge in [0.15, 0.2) is 0 Å². The Kier molecular flexibility index (Phi) is 5.33. The van der Waals surface area contributed by atoms with E-state index >= 15 is 0 Å². The summed E-state index contributed by atoms with van der Waals surface area (Å²) in [5.74, 6) is -0.701. The fourth-order valence-electron chi connectivity index (χ4n) is 3.48. The van der Waals surface area contributed by atoms with Crippen LogP contribution in [0.25, 0.3) is 10.6 Å². The number of aromatic amines is 1. The van der Waals surface area contributed by atoms with Crippen molar-refractivity contribution in [3.05, 3.63) is 47.5 Å². The number of H-pyrrole nitrogens is 1. The second-order valence-electron chi connectivity index (χ2n) is 7.41. The number of piperidine rings is 1. The Morgan fingerprint density at radius 2 is 2.14 bits per heavy atom. The number of hydrogen-bond acceptors (Lipinski definition) is 6. The lowest BCUT2D eigenvalue weighted by atomic mass is 9.89. The van der Waals surface area contributed by atoms with Crippen molar-refractivity contribution < 1.29 is 9.18 Å². The Hall–Kier alpha value is -2.78. The molecule has 0 bridgehead atoms. The van der Waals surface area contributed by atoms with E-state index in [0.29, 0.717) is 35.2 Å². The molecule has 0 atom stereocenters. The second kappa shape index (κ2) is 7.92. The highest BCUT2D eigenvalue weighted by atomic mass is 32.1. The third-order valence-electron chi connectivity index (χ3n) is 5.50. The van der Waals surface area contributed by atoms with Gasteiger partial charge in [-0.25, -0.2) is 9.37 Å². The zero-order chi connectivity index (χ0) is 20.4. The molecule has 2 aromatic heterocycles. The minimum atomic E-state index is -0.361. The molecule has 1 saturated heterocycles. The van der Waals surface area contributed by atoms with Gasteiger partial charge in [-0.15, -0.1) is 11.3 Å². The van der Waals surface area contributed by atoms with Gasteiger partial charge in [0.1, 0.15) is 16.5 Å². The molecule has 1 amide bonds. The zero-order valence-corrected chi connectivity index (χ0v) is 17.1. The molecule has 3 aromatic rings. The van der Waals surface area contributed by atoms with Gasteiger partial charge in [-0.2, -0.15) is 5.10 Å². The number of aromatic nitrogens is 3. The topological polar surface area (TPSA) is 85.9 Å². The summed E-state index contributed by atoms with van der Waals surface area (Å²) in [6.45, 7) is 3.60. The van der Waals surface area contributed by atoms with Crippen LogP contribution in [0.2, 0.25) is 0 Å². The fraction of sp³-hybridized carbons (Fsp3) is 0.350. The number of rotatable bonds is 5. The summed E-state index contributed by atoms with van der Waals surface area (Å²) >= 11 is 1.36. The van der Waals surface area contributed by atoms with Gasteiger partial charge in [-0.3, -0.25) is 9.89 Å². The summed E-state index contributed by atoms with van der Waals surface area (Å²) in [5, 5.41) is 15.2. The highest BCUT2D eigenvalue weighted by Crippen LogP contribution is 2.34. The summed E-state index contributed by atoms with van der Waals surface area (Å²) in [7, 11) is 1.95. The van der Waals surface area contributed by atoms with Crippen LogP contribution in [-0.4, -0.2) is 46.8 Å². The van der Waals surface area contributed by atoms with Crippen molar-refractivity contribution in [2.45, 2.75) is 25.3 Å². The molecule has 7 nitrogen and oxygen atoms in total. The van der Waals surface area contributed by atoms with Crippen LogP contribution in [0.1, 0.15) is 30.3 Å². The van der Waals surface area contributed by atoms with Crippen molar-refractivity contribution in [1.82, 2.24) is 20.5 Å². The molecule has 4 rings (SSSR count). The van der Waals surface area contributed by atoms with Crippen LogP contribution in [0.15, 0.2) is 36.0 Å². The number of para-hydroxylation sites is 1. The molecule has 9 heteroatoms. The van der Waals surface area contributed by atoms with E-state index < -0.39 is 0 Å². The van der Waals surface area contributed by atoms with E-state index in [1.807, 2.05) is 11.9 Å². The molecule has 1 aliphatic heterocycles. The number of carbonyl (C=O) groups excluding carboxylic acids is 1. The maximum atomic E-state index is 14.7. The van der Waals surface area contributed by atoms with Crippen LogP contribution >= 0.6 is 11.3 Å². The third kappa shape index (κ3) is 4.01. The number of thiazole rings is 1. The van der Waals surface area contributed by atoms with E-state index in [4.69, 9.17) is 0 Å². The summed E-state index contributed by atoms with van der Waals surface area (Å²) in [4.78, 5) is 19.1. The van der Waals surface area contributed by atoms with Crippen molar-refractivity contribution >= 4 is 28.6 Å². The van der Waals surface area contributed by atoms with Crippen LogP contribution in [0.3, 0.4) is 0 Å². The number of nitrogens with one attached hydrogen (secondary N) is 3. The molecule has 1 fully saturated rings. The number of nitrogens with zero attached hydrogens (tertiary/aromatic N) is 3. The monoisotopic (exact) mass is 414 g/mol. The van der Waals surface area contributed by atoms with Gasteiger partial charge in [-0.1, -0.05) is 6.07 Å². The molecular weight excluding hydrogens is 391 g/mol. The average Bonchev–Trinajstić information content (AvgIpc) is 3.41. The van der Waals surface area contributed by atoms with E-state index in [1.165, 1.54) is 17.4 Å². The van der Waals surface area contributed by atoms with Crippen LogP contribution in [-0.2, 0) is 0 Å². The van der Waals surface area contributed by atoms with Gasteiger partial charge in [-0.05, 0) is 38.9 Å². The van der Waals surface area contributed by atoms with Crippen molar-refractivity contribution in [2.24, 2.45) is 0 Å². The zero-order valence-electron chi connectivity index (χ0n) is 16.3. The fourth-order valence-corrected chi connectivity index (χ4v) is 4.26. The number of anilines is 2. The highest BCUT2D eigenvalue weighted by Gasteiger charge is 2.30. The van der Waals surface area contributed by atoms with Gasteiger partial charge in [0, 0.05) is 35.8 Å². The minimum Gasteiger partial charge on any atom is -0.367 e. The van der Waals surface area contributed by atoms with E-state index in [2.05, 4.69) is 32.7 Å². The second-order valence-corrected chi connectivity index (χ2v) is 8.27. The largest absolute Gasteiger partial charge is 0.367 e. The first-order valence-corrected chi connectivity index (χ1v) is 10.4. The standard InChI is InChI=1S/C20H23FN6OS/c1-20(22-2)6-8-27(9-7-20)17-14(21)4-3-5-15(17)25-18(28)16-12-29-19(26-16)13-10-23-24-11-13/h3-5,10-12,22H,6-9H2,1-2H3,(H,23,24)(H,25,28). The minimum absolute atomic E-state index is 0.0508. The SMILES string of the molecule is CNC1(C)CCN(c2c(F)cccc2NC(=O)c2csc(-c3cn[nH]c3)n2)CC1. The van der Waals surface area contributed by atoms with Gasteiger partial charge in [0.25, 0.3) is 5.91 Å². The first-order valence-electron chi connectivity index (χ1n) is 9.47. The Morgan fingerprint density at radius 3 is 2.83 bits per heavy atom. The lowest BCUT2D eigenvalue weighted by molar-refractivity contribution is 0.102. The van der Waals surface area contributed by atoms with Crippen molar-refractivity contribution in [1.29, 1.82) is 0 Å². The summed E-state index contributed by atoms with van der Waals surface area (Å²) in [5.41, 5.74) is 2.06. The van der Waals surface area contributed by atoms with Gasteiger partial charge >= 0.3 is 0 Å². The van der Waals surface area contributed by atoms with Crippen molar-refractivity contribution in [2.75, 3.05) is 30.4 Å². The quantitative estimate of drug-likeness (QED) is 0.595. The van der Waals surface area contributed by atoms with E-state index in [1.54, 1.807) is 29.9 Å². The summed E-state index contributed by atoms with van der Waals surface area (Å²) < 4.78 is 14.7. The predicted molar refractivity (Wildman–Crippen MR) is 113 cm³/mol. The lowest BCUT2D eigenvalue weighted by Crippen LogP contribution is -2.50. The maximum Gasteiger partial charge on any atom is 0.275 e. The maximum absolute atomic E-state index is 14.7. The number of carbonyl (C=O) groups is 1. The Bertz CT molecular complexity index is 994. The van der Waals surface area contributed by atoms with Gasteiger partial charge in [0.2, 0.25) is 0 Å². The Labute approximate surface area is 172 Å². The van der Waals surface area contributed by atoms with Crippen LogP contribution in [0.4, 0.5) is 15.8 Å². The molecule has 0 spiro atoms. The van der Waals surface area contributed by atoms with Crippen molar-refractivity contribution in [3.63, 3.8) is 0 Å². The Morgan fingerprint density at radius 1 is 1.34 bits per heavy atom. The van der Waals surface area contributed by atoms with Gasteiger partial charge < -0.3 is 15.5 Å². The number of amides is 1. The molecule has 0 aliphatic carbocycles. The van der Waals surface area contributed by atoms with Crippen LogP contribution < -0.4 is 15.5 Å². The molecule has 0 unspecified atom stereocenters. The summed E-state index contributed by atoms with van der Waals surface area (Å²) in [6.07, 6.45) is 5.16. The predicted octanol–water partition coefficient (Wildman–Crippen LogP) is 3.50. The molecule has 3 heterocycles. The molecule has 29 heavy (non-hydrogen) atoms. The average molecular weight is 415 g/mol. The van der Waals surface area contributed by atoms with Crippen LogP contribution in [0, 0.1) is 5.82 Å². The smallest absolute Gasteiger partial charge is 0.275 e. The first-order chi connectivity index (χ1) is 14.0. The number of halogens is 1. The molecule has 3 N–H and O–H groups in total. The molecule has 152 valence electrons. The molecule has 0 saturated carbocycles. The highest BCUT2D eigenvalue weighted by molar-refractivity contribution is 7.13.